The summed E-state index contributed by atoms with van der Waals surface area (Å²) in [5, 5.41) is 7.72. The van der Waals surface area contributed by atoms with Crippen LogP contribution >= 0.6 is 0 Å². The molecule has 0 aliphatic carbocycles. The number of aromatic nitrogens is 3. The van der Waals surface area contributed by atoms with Crippen LogP contribution in [0.3, 0.4) is 0 Å². The monoisotopic (exact) mass is 377 g/mol. The van der Waals surface area contributed by atoms with Crippen LogP contribution in [0, 0.1) is 19.8 Å². The molecule has 1 aliphatic rings. The van der Waals surface area contributed by atoms with E-state index < -0.39 is 17.7 Å². The first kappa shape index (κ1) is 19.0. The SMILES string of the molecule is COCc1noc([C@@H]2CN(C(=O)CCc3c(C)noc3C)C[C@H]2C(N)=O)n1. The van der Waals surface area contributed by atoms with Gasteiger partial charge < -0.3 is 24.4 Å². The number of hydrogen-bond donors (Lipinski definition) is 1. The van der Waals surface area contributed by atoms with Crippen LogP contribution in [-0.2, 0) is 27.4 Å². The summed E-state index contributed by atoms with van der Waals surface area (Å²) in [6.45, 7) is 4.42. The minimum Gasteiger partial charge on any atom is -0.377 e. The Morgan fingerprint density at radius 2 is 2.04 bits per heavy atom. The van der Waals surface area contributed by atoms with Crippen molar-refractivity contribution in [2.75, 3.05) is 20.2 Å². The van der Waals surface area contributed by atoms with E-state index in [0.717, 1.165) is 11.3 Å². The highest BCUT2D eigenvalue weighted by molar-refractivity contribution is 5.82. The van der Waals surface area contributed by atoms with Crippen molar-refractivity contribution < 1.29 is 23.4 Å². The van der Waals surface area contributed by atoms with E-state index in [2.05, 4.69) is 15.3 Å². The molecule has 27 heavy (non-hydrogen) atoms. The molecule has 10 heteroatoms. The topological polar surface area (TPSA) is 138 Å². The predicted octanol–water partition coefficient (Wildman–Crippen LogP) is 0.481. The van der Waals surface area contributed by atoms with Gasteiger partial charge in [-0.05, 0) is 20.3 Å². The minimum absolute atomic E-state index is 0.0691. The third kappa shape index (κ3) is 4.00. The first-order valence-electron chi connectivity index (χ1n) is 8.71. The molecule has 146 valence electrons. The first-order valence-corrected chi connectivity index (χ1v) is 8.71. The largest absolute Gasteiger partial charge is 0.377 e. The van der Waals surface area contributed by atoms with Gasteiger partial charge in [0.05, 0.1) is 17.5 Å². The molecule has 0 bridgehead atoms. The summed E-state index contributed by atoms with van der Waals surface area (Å²) in [5.41, 5.74) is 7.25. The van der Waals surface area contributed by atoms with Crippen LogP contribution in [0.15, 0.2) is 9.05 Å². The molecule has 0 spiro atoms. The molecule has 3 heterocycles. The average Bonchev–Trinajstić information content (AvgIpc) is 3.33. The number of carbonyl (C=O) groups excluding carboxylic acids is 2. The van der Waals surface area contributed by atoms with E-state index in [9.17, 15) is 9.59 Å². The summed E-state index contributed by atoms with van der Waals surface area (Å²) in [6, 6.07) is 0. The summed E-state index contributed by atoms with van der Waals surface area (Å²) < 4.78 is 15.3. The standard InChI is InChI=1S/C17H23N5O5/c1-9-11(10(2)26-20-9)4-5-15(23)22-6-12(16(18)24)13(7-22)17-19-14(8-25-3)21-27-17/h12-13H,4-8H2,1-3H3,(H2,18,24)/t12-,13-/m1/s1. The lowest BCUT2D eigenvalue weighted by Crippen LogP contribution is -2.32. The van der Waals surface area contributed by atoms with Gasteiger partial charge in [-0.1, -0.05) is 10.3 Å². The lowest BCUT2D eigenvalue weighted by Gasteiger charge is -2.15. The van der Waals surface area contributed by atoms with Gasteiger partial charge in [-0.2, -0.15) is 4.98 Å². The van der Waals surface area contributed by atoms with Crippen molar-refractivity contribution in [3.63, 3.8) is 0 Å². The summed E-state index contributed by atoms with van der Waals surface area (Å²) in [7, 11) is 1.52. The number of aryl methyl sites for hydroxylation is 2. The second-order valence-electron chi connectivity index (χ2n) is 6.70. The van der Waals surface area contributed by atoms with Gasteiger partial charge in [-0.15, -0.1) is 0 Å². The molecule has 2 amide bonds. The van der Waals surface area contributed by atoms with E-state index in [1.807, 2.05) is 13.8 Å². The van der Waals surface area contributed by atoms with Gasteiger partial charge in [0.2, 0.25) is 17.7 Å². The Labute approximate surface area is 156 Å². The normalized spacial score (nSPS) is 19.6. The highest BCUT2D eigenvalue weighted by Crippen LogP contribution is 2.32. The van der Waals surface area contributed by atoms with Crippen molar-refractivity contribution in [3.05, 3.63) is 28.7 Å². The minimum atomic E-state index is -0.566. The van der Waals surface area contributed by atoms with Crippen LogP contribution in [0.2, 0.25) is 0 Å². The van der Waals surface area contributed by atoms with Gasteiger partial charge in [0, 0.05) is 32.2 Å². The zero-order chi connectivity index (χ0) is 19.6. The van der Waals surface area contributed by atoms with E-state index >= 15 is 0 Å². The van der Waals surface area contributed by atoms with E-state index in [4.69, 9.17) is 19.5 Å². The number of rotatable bonds is 7. The van der Waals surface area contributed by atoms with E-state index in [0.29, 0.717) is 36.9 Å². The fourth-order valence-electron chi connectivity index (χ4n) is 3.40. The molecule has 0 radical (unpaired) electrons. The van der Waals surface area contributed by atoms with Gasteiger partial charge >= 0.3 is 0 Å². The number of nitrogens with zero attached hydrogens (tertiary/aromatic N) is 4. The molecule has 2 aromatic heterocycles. The molecule has 1 saturated heterocycles. The van der Waals surface area contributed by atoms with Crippen molar-refractivity contribution in [2.24, 2.45) is 11.7 Å². The van der Waals surface area contributed by atoms with E-state index in [-0.39, 0.29) is 19.1 Å². The molecule has 0 saturated carbocycles. The maximum atomic E-state index is 12.7. The average molecular weight is 377 g/mol. The van der Waals surface area contributed by atoms with E-state index in [1.165, 1.54) is 7.11 Å². The van der Waals surface area contributed by atoms with Crippen LogP contribution in [0.5, 0.6) is 0 Å². The molecule has 2 atom stereocenters. The van der Waals surface area contributed by atoms with Gasteiger partial charge in [-0.25, -0.2) is 0 Å². The molecule has 3 rings (SSSR count). The highest BCUT2D eigenvalue weighted by Gasteiger charge is 2.42. The third-order valence-electron chi connectivity index (χ3n) is 4.88. The van der Waals surface area contributed by atoms with Crippen LogP contribution in [0.4, 0.5) is 0 Å². The highest BCUT2D eigenvalue weighted by atomic mass is 16.5. The molecule has 2 N–H and O–H groups in total. The summed E-state index contributed by atoms with van der Waals surface area (Å²) in [6.07, 6.45) is 0.820. The van der Waals surface area contributed by atoms with Crippen molar-refractivity contribution in [1.82, 2.24) is 20.2 Å². The second kappa shape index (κ2) is 7.87. The van der Waals surface area contributed by atoms with Crippen LogP contribution < -0.4 is 5.73 Å². The number of primary amides is 1. The number of likely N-dealkylation sites (tertiary alicyclic amines) is 1. The Morgan fingerprint density at radius 3 is 2.67 bits per heavy atom. The number of methoxy groups -OCH3 is 1. The fraction of sp³-hybridized carbons (Fsp3) is 0.588. The van der Waals surface area contributed by atoms with E-state index in [1.54, 1.807) is 4.90 Å². The molecule has 2 aromatic rings. The zero-order valence-electron chi connectivity index (χ0n) is 15.6. The lowest BCUT2D eigenvalue weighted by atomic mass is 9.95. The lowest BCUT2D eigenvalue weighted by molar-refractivity contribution is -0.130. The van der Waals surface area contributed by atoms with Gasteiger partial charge in [-0.3, -0.25) is 9.59 Å². The van der Waals surface area contributed by atoms with Crippen molar-refractivity contribution in [2.45, 2.75) is 39.2 Å². The maximum Gasteiger partial charge on any atom is 0.232 e. The van der Waals surface area contributed by atoms with Crippen molar-refractivity contribution in [3.8, 4) is 0 Å². The van der Waals surface area contributed by atoms with Crippen LogP contribution in [0.25, 0.3) is 0 Å². The molecule has 1 fully saturated rings. The Bertz CT molecular complexity index is 810. The summed E-state index contributed by atoms with van der Waals surface area (Å²) in [5.74, 6) is -0.141. The Hall–Kier alpha value is -2.75. The van der Waals surface area contributed by atoms with Crippen LogP contribution in [0.1, 0.15) is 41.1 Å². The molecule has 0 aromatic carbocycles. The fourth-order valence-corrected chi connectivity index (χ4v) is 3.40. The zero-order valence-corrected chi connectivity index (χ0v) is 15.6. The molecule has 0 unspecified atom stereocenters. The number of nitrogens with two attached hydrogens (primary N) is 1. The van der Waals surface area contributed by atoms with Gasteiger partial charge in [0.15, 0.2) is 5.82 Å². The molecular weight excluding hydrogens is 354 g/mol. The Morgan fingerprint density at radius 1 is 1.26 bits per heavy atom. The quantitative estimate of drug-likeness (QED) is 0.735. The molecule has 1 aliphatic heterocycles. The third-order valence-corrected chi connectivity index (χ3v) is 4.88. The van der Waals surface area contributed by atoms with Crippen molar-refractivity contribution in [1.29, 1.82) is 0 Å². The number of carbonyl (C=O) groups is 2. The summed E-state index contributed by atoms with van der Waals surface area (Å²) >= 11 is 0. The maximum absolute atomic E-state index is 12.7. The molecular formula is C17H23N5O5. The van der Waals surface area contributed by atoms with Gasteiger partial charge in [0.25, 0.3) is 0 Å². The Balaban J connectivity index is 1.68. The van der Waals surface area contributed by atoms with Gasteiger partial charge in [0.1, 0.15) is 12.4 Å². The van der Waals surface area contributed by atoms with Crippen molar-refractivity contribution >= 4 is 11.8 Å². The Kier molecular flexibility index (Phi) is 5.54. The number of ether oxygens (including phenoxy) is 1. The smallest absolute Gasteiger partial charge is 0.232 e. The first-order chi connectivity index (χ1) is 12.9. The molecule has 10 nitrogen and oxygen atoms in total. The van der Waals surface area contributed by atoms with Crippen LogP contribution in [-0.4, -0.2) is 52.2 Å². The predicted molar refractivity (Wildman–Crippen MR) is 91.3 cm³/mol. The number of hydrogen-bond acceptors (Lipinski definition) is 8. The summed E-state index contributed by atoms with van der Waals surface area (Å²) in [4.78, 5) is 30.4. The second-order valence-corrected chi connectivity index (χ2v) is 6.70. The number of amides is 2.